The lowest BCUT2D eigenvalue weighted by Gasteiger charge is -2.06. The minimum Gasteiger partial charge on any atom is -0.500 e. The number of H-pyrrole nitrogens is 1. The Hall–Kier alpha value is -4.19. The van der Waals surface area contributed by atoms with Crippen molar-refractivity contribution in [3.05, 3.63) is 68.3 Å². The Balaban J connectivity index is 2.18. The summed E-state index contributed by atoms with van der Waals surface area (Å²) in [6.45, 7) is 0. The summed E-state index contributed by atoms with van der Waals surface area (Å²) in [7, 11) is 1.25. The number of phenols is 1. The second kappa shape index (κ2) is 6.97. The standard InChI is InChI=1S/C18H12N4O5/c1-27-15-8-10(7-14(16(15)23)22(25)26)6-11(9-19)17-20-13-5-3-2-4-12(13)18(24)21-17/h2-8,23H,1H3,(H,20,21,24)/b11-6-. The van der Waals surface area contributed by atoms with E-state index in [1.807, 2.05) is 6.07 Å². The van der Waals surface area contributed by atoms with Gasteiger partial charge in [-0.3, -0.25) is 14.9 Å². The highest BCUT2D eigenvalue weighted by Crippen LogP contribution is 2.37. The van der Waals surface area contributed by atoms with Gasteiger partial charge >= 0.3 is 5.69 Å². The van der Waals surface area contributed by atoms with E-state index in [4.69, 9.17) is 4.74 Å². The van der Waals surface area contributed by atoms with Gasteiger partial charge in [-0.05, 0) is 29.8 Å². The van der Waals surface area contributed by atoms with Crippen LogP contribution < -0.4 is 10.3 Å². The van der Waals surface area contributed by atoms with Crippen LogP contribution >= 0.6 is 0 Å². The van der Waals surface area contributed by atoms with E-state index in [0.717, 1.165) is 6.07 Å². The van der Waals surface area contributed by atoms with Gasteiger partial charge in [0.25, 0.3) is 5.56 Å². The smallest absolute Gasteiger partial charge is 0.315 e. The van der Waals surface area contributed by atoms with Crippen molar-refractivity contribution in [2.24, 2.45) is 0 Å². The molecule has 0 saturated heterocycles. The number of hydrogen-bond donors (Lipinski definition) is 2. The van der Waals surface area contributed by atoms with E-state index in [1.54, 1.807) is 24.3 Å². The summed E-state index contributed by atoms with van der Waals surface area (Å²) < 4.78 is 4.93. The highest BCUT2D eigenvalue weighted by molar-refractivity contribution is 5.89. The monoisotopic (exact) mass is 364 g/mol. The van der Waals surface area contributed by atoms with E-state index in [1.165, 1.54) is 19.3 Å². The van der Waals surface area contributed by atoms with E-state index in [2.05, 4.69) is 9.97 Å². The molecule has 9 heteroatoms. The van der Waals surface area contributed by atoms with Gasteiger partial charge in [-0.2, -0.15) is 5.26 Å². The number of nitro groups is 1. The largest absolute Gasteiger partial charge is 0.500 e. The number of hydrogen-bond acceptors (Lipinski definition) is 7. The Kier molecular flexibility index (Phi) is 4.55. The summed E-state index contributed by atoms with van der Waals surface area (Å²) >= 11 is 0. The van der Waals surface area contributed by atoms with Crippen LogP contribution in [-0.4, -0.2) is 27.1 Å². The minimum absolute atomic E-state index is 0.0140. The molecule has 2 aromatic carbocycles. The molecule has 0 unspecified atom stereocenters. The molecule has 1 heterocycles. The van der Waals surface area contributed by atoms with Crippen LogP contribution in [0, 0.1) is 21.4 Å². The molecule has 2 N–H and O–H groups in total. The topological polar surface area (TPSA) is 142 Å². The minimum atomic E-state index is -0.766. The van der Waals surface area contributed by atoms with Crippen molar-refractivity contribution in [1.29, 1.82) is 5.26 Å². The first-order valence-corrected chi connectivity index (χ1v) is 7.61. The number of para-hydroxylation sites is 1. The first-order chi connectivity index (χ1) is 12.9. The highest BCUT2D eigenvalue weighted by atomic mass is 16.6. The number of nitriles is 1. The number of benzene rings is 2. The molecule has 0 fully saturated rings. The predicted octanol–water partition coefficient (Wildman–Crippen LogP) is 2.61. The molecule has 0 atom stereocenters. The van der Waals surface area contributed by atoms with E-state index in [0.29, 0.717) is 10.9 Å². The van der Waals surface area contributed by atoms with E-state index >= 15 is 0 Å². The molecule has 1 aromatic heterocycles. The van der Waals surface area contributed by atoms with Crippen molar-refractivity contribution >= 4 is 28.2 Å². The first kappa shape index (κ1) is 17.6. The third-order valence-corrected chi connectivity index (χ3v) is 3.79. The van der Waals surface area contributed by atoms with Crippen molar-refractivity contribution in [2.45, 2.75) is 0 Å². The van der Waals surface area contributed by atoms with Crippen LogP contribution in [0.3, 0.4) is 0 Å². The summed E-state index contributed by atoms with van der Waals surface area (Å²) in [6.07, 6.45) is 1.31. The van der Waals surface area contributed by atoms with Gasteiger partial charge in [-0.25, -0.2) is 4.98 Å². The molecule has 0 amide bonds. The average Bonchev–Trinajstić information content (AvgIpc) is 2.66. The quantitative estimate of drug-likeness (QED) is 0.411. The number of fused-ring (bicyclic) bond motifs is 1. The molecular weight excluding hydrogens is 352 g/mol. The zero-order valence-corrected chi connectivity index (χ0v) is 14.0. The Labute approximate surface area is 151 Å². The molecule has 0 aliphatic rings. The molecule has 0 aliphatic carbocycles. The average molecular weight is 364 g/mol. The number of aromatic amines is 1. The fourth-order valence-corrected chi connectivity index (χ4v) is 2.53. The maximum atomic E-state index is 12.2. The van der Waals surface area contributed by atoms with Gasteiger partial charge in [0.1, 0.15) is 6.07 Å². The zero-order valence-electron chi connectivity index (χ0n) is 14.0. The number of methoxy groups -OCH3 is 1. The Bertz CT molecular complexity index is 1190. The van der Waals surface area contributed by atoms with Crippen LogP contribution in [0.15, 0.2) is 41.2 Å². The number of allylic oxidation sites excluding steroid dienone is 1. The Morgan fingerprint density at radius 3 is 2.81 bits per heavy atom. The highest BCUT2D eigenvalue weighted by Gasteiger charge is 2.20. The number of nitro benzene ring substituents is 1. The maximum Gasteiger partial charge on any atom is 0.315 e. The number of nitrogens with zero attached hydrogens (tertiary/aromatic N) is 3. The van der Waals surface area contributed by atoms with Crippen LogP contribution in [0.4, 0.5) is 5.69 Å². The van der Waals surface area contributed by atoms with Crippen LogP contribution in [-0.2, 0) is 0 Å². The number of ether oxygens (including phenoxy) is 1. The van der Waals surface area contributed by atoms with E-state index in [-0.39, 0.29) is 22.7 Å². The molecule has 3 aromatic rings. The predicted molar refractivity (Wildman–Crippen MR) is 97.2 cm³/mol. The fraction of sp³-hybridized carbons (Fsp3) is 0.0556. The van der Waals surface area contributed by atoms with Crippen molar-refractivity contribution in [3.63, 3.8) is 0 Å². The summed E-state index contributed by atoms with van der Waals surface area (Å²) in [6, 6.07) is 11.0. The van der Waals surface area contributed by atoms with Crippen molar-refractivity contribution in [1.82, 2.24) is 9.97 Å². The Morgan fingerprint density at radius 1 is 1.41 bits per heavy atom. The van der Waals surface area contributed by atoms with Gasteiger partial charge in [0, 0.05) is 6.07 Å². The lowest BCUT2D eigenvalue weighted by Crippen LogP contribution is -2.11. The van der Waals surface area contributed by atoms with Crippen molar-refractivity contribution in [3.8, 4) is 17.6 Å². The lowest BCUT2D eigenvalue weighted by atomic mass is 10.1. The molecule has 0 aliphatic heterocycles. The van der Waals surface area contributed by atoms with Crippen LogP contribution in [0.5, 0.6) is 11.5 Å². The maximum absolute atomic E-state index is 12.2. The van der Waals surface area contributed by atoms with Crippen molar-refractivity contribution < 1.29 is 14.8 Å². The van der Waals surface area contributed by atoms with Crippen molar-refractivity contribution in [2.75, 3.05) is 7.11 Å². The van der Waals surface area contributed by atoms with Crippen LogP contribution in [0.1, 0.15) is 11.4 Å². The lowest BCUT2D eigenvalue weighted by molar-refractivity contribution is -0.386. The molecule has 9 nitrogen and oxygen atoms in total. The summed E-state index contributed by atoms with van der Waals surface area (Å²) in [5, 5.41) is 30.8. The van der Waals surface area contributed by atoms with Gasteiger partial charge in [0.2, 0.25) is 5.75 Å². The number of rotatable bonds is 4. The first-order valence-electron chi connectivity index (χ1n) is 7.61. The van der Waals surface area contributed by atoms with Gasteiger partial charge in [-0.15, -0.1) is 0 Å². The molecule has 0 radical (unpaired) electrons. The fourth-order valence-electron chi connectivity index (χ4n) is 2.53. The SMILES string of the molecule is COc1cc(/C=C(/C#N)c2nc3ccccc3c(=O)[nH]2)cc([N+](=O)[O-])c1O. The summed E-state index contributed by atoms with van der Waals surface area (Å²) in [5.74, 6) is -0.709. The molecule has 27 heavy (non-hydrogen) atoms. The third-order valence-electron chi connectivity index (χ3n) is 3.79. The second-order valence-corrected chi connectivity index (χ2v) is 5.45. The van der Waals surface area contributed by atoms with Crippen LogP contribution in [0.25, 0.3) is 22.6 Å². The Morgan fingerprint density at radius 2 is 2.15 bits per heavy atom. The number of nitrogens with one attached hydrogen (secondary N) is 1. The molecule has 0 saturated carbocycles. The molecular formula is C18H12N4O5. The van der Waals surface area contributed by atoms with Gasteiger partial charge in [0.15, 0.2) is 11.6 Å². The number of aromatic hydroxyl groups is 1. The zero-order chi connectivity index (χ0) is 19.6. The number of phenolic OH excluding ortho intramolecular Hbond substituents is 1. The molecule has 3 rings (SSSR count). The number of aromatic nitrogens is 2. The van der Waals surface area contributed by atoms with E-state index < -0.39 is 21.9 Å². The van der Waals surface area contributed by atoms with Gasteiger partial charge < -0.3 is 14.8 Å². The molecule has 134 valence electrons. The van der Waals surface area contributed by atoms with Gasteiger partial charge in [0.05, 0.1) is 28.5 Å². The third kappa shape index (κ3) is 3.32. The molecule has 0 spiro atoms. The van der Waals surface area contributed by atoms with Gasteiger partial charge in [-0.1, -0.05) is 12.1 Å². The summed E-state index contributed by atoms with van der Waals surface area (Å²) in [5.41, 5.74) is -0.362. The summed E-state index contributed by atoms with van der Waals surface area (Å²) in [4.78, 5) is 29.3. The van der Waals surface area contributed by atoms with Crippen LogP contribution in [0.2, 0.25) is 0 Å². The molecule has 0 bridgehead atoms. The normalized spacial score (nSPS) is 11.2. The second-order valence-electron chi connectivity index (χ2n) is 5.45. The van der Waals surface area contributed by atoms with E-state index in [9.17, 15) is 25.3 Å².